The number of hydrogen-bond donors (Lipinski definition) is 3. The van der Waals surface area contributed by atoms with Crippen molar-refractivity contribution in [3.8, 4) is 0 Å². The second-order valence-corrected chi connectivity index (χ2v) is 4.99. The van der Waals surface area contributed by atoms with Gasteiger partial charge < -0.3 is 10.3 Å². The van der Waals surface area contributed by atoms with E-state index in [1.165, 1.54) is 11.6 Å². The Hall–Kier alpha value is -3.09. The molecule has 0 fully saturated rings. The molecule has 7 heteroatoms. The van der Waals surface area contributed by atoms with Gasteiger partial charge >= 0.3 is 5.69 Å². The van der Waals surface area contributed by atoms with Gasteiger partial charge in [-0.2, -0.15) is 0 Å². The number of benzene rings is 1. The molecule has 0 atom stereocenters. The van der Waals surface area contributed by atoms with Gasteiger partial charge in [-0.1, -0.05) is 18.2 Å². The van der Waals surface area contributed by atoms with E-state index in [1.807, 2.05) is 30.3 Å². The van der Waals surface area contributed by atoms with E-state index in [4.69, 9.17) is 0 Å². The first-order valence-corrected chi connectivity index (χ1v) is 6.67. The zero-order valence-corrected chi connectivity index (χ0v) is 12.1. The van der Waals surface area contributed by atoms with Gasteiger partial charge in [-0.15, -0.1) is 0 Å². The summed E-state index contributed by atoms with van der Waals surface area (Å²) in [5.41, 5.74) is 0.209. The fourth-order valence-electron chi connectivity index (χ4n) is 2.32. The number of H-pyrrole nitrogens is 2. The molecule has 0 bridgehead atoms. The van der Waals surface area contributed by atoms with Crippen LogP contribution in [0.2, 0.25) is 0 Å². The van der Waals surface area contributed by atoms with Crippen LogP contribution in [-0.4, -0.2) is 14.5 Å². The Labute approximate surface area is 124 Å². The lowest BCUT2D eigenvalue weighted by molar-refractivity contribution is 0.826. The maximum absolute atomic E-state index is 12.2. The Kier molecular flexibility index (Phi) is 3.17. The Bertz CT molecular complexity index is 1030. The van der Waals surface area contributed by atoms with Crippen LogP contribution in [0.15, 0.2) is 44.7 Å². The quantitative estimate of drug-likeness (QED) is 0.656. The number of fused-ring (bicyclic) bond motifs is 1. The Morgan fingerprint density at radius 1 is 1.00 bits per heavy atom. The molecule has 3 rings (SSSR count). The summed E-state index contributed by atoms with van der Waals surface area (Å²) in [6, 6.07) is 9.19. The van der Waals surface area contributed by atoms with Crippen molar-refractivity contribution in [3.63, 3.8) is 0 Å². The molecule has 112 valence electrons. The van der Waals surface area contributed by atoms with Gasteiger partial charge in [0.15, 0.2) is 0 Å². The van der Waals surface area contributed by atoms with Crippen LogP contribution < -0.4 is 22.1 Å². The van der Waals surface area contributed by atoms with Gasteiger partial charge in [0, 0.05) is 18.3 Å². The molecular formula is C15H14N4O3. The molecule has 0 saturated carbocycles. The minimum atomic E-state index is -0.581. The molecule has 0 aliphatic carbocycles. The van der Waals surface area contributed by atoms with E-state index in [2.05, 4.69) is 15.3 Å². The molecule has 0 amide bonds. The number of pyridine rings is 1. The smallest absolute Gasteiger partial charge is 0.329 e. The number of hydrogen-bond acceptors (Lipinski definition) is 4. The van der Waals surface area contributed by atoms with Crippen molar-refractivity contribution in [2.75, 3.05) is 5.32 Å². The van der Waals surface area contributed by atoms with Gasteiger partial charge in [-0.3, -0.25) is 19.1 Å². The first-order valence-electron chi connectivity index (χ1n) is 6.67. The molecule has 3 N–H and O–H groups in total. The van der Waals surface area contributed by atoms with Crippen LogP contribution in [0.5, 0.6) is 0 Å². The van der Waals surface area contributed by atoms with E-state index >= 15 is 0 Å². The third-order valence-corrected chi connectivity index (χ3v) is 3.57. The lowest BCUT2D eigenvalue weighted by Gasteiger charge is -2.13. The minimum Gasteiger partial charge on any atom is -0.354 e. The van der Waals surface area contributed by atoms with E-state index in [0.29, 0.717) is 11.3 Å². The van der Waals surface area contributed by atoms with Crippen LogP contribution in [0, 0.1) is 6.92 Å². The highest BCUT2D eigenvalue weighted by atomic mass is 16.2. The highest BCUT2D eigenvalue weighted by Gasteiger charge is 2.15. The molecule has 0 saturated heterocycles. The predicted octanol–water partition coefficient (Wildman–Crippen LogP) is 0.967. The molecule has 1 aromatic carbocycles. The summed E-state index contributed by atoms with van der Waals surface area (Å²) in [6.07, 6.45) is 0. The number of para-hydroxylation sites is 1. The minimum absolute atomic E-state index is 0.183. The van der Waals surface area contributed by atoms with Crippen molar-refractivity contribution >= 4 is 22.4 Å². The van der Waals surface area contributed by atoms with E-state index in [9.17, 15) is 14.4 Å². The first kappa shape index (κ1) is 13.9. The topological polar surface area (TPSA) is 99.8 Å². The summed E-state index contributed by atoms with van der Waals surface area (Å²) in [5.74, 6) is 0. The Morgan fingerprint density at radius 2 is 1.68 bits per heavy atom. The summed E-state index contributed by atoms with van der Waals surface area (Å²) in [7, 11) is 1.48. The van der Waals surface area contributed by atoms with Crippen LogP contribution in [0.3, 0.4) is 0 Å². The lowest BCUT2D eigenvalue weighted by atomic mass is 10.1. The van der Waals surface area contributed by atoms with E-state index in [1.54, 1.807) is 6.92 Å². The fourth-order valence-corrected chi connectivity index (χ4v) is 2.32. The second-order valence-electron chi connectivity index (χ2n) is 4.99. The van der Waals surface area contributed by atoms with E-state index < -0.39 is 11.2 Å². The number of aryl methyl sites for hydroxylation is 1. The van der Waals surface area contributed by atoms with Crippen LogP contribution in [0.1, 0.15) is 5.56 Å². The SMILES string of the molecule is Cc1c(Nc2ccccc2)c2c(=O)[nH]c(=O)n(C)c2[nH]c1=O. The predicted molar refractivity (Wildman–Crippen MR) is 84.9 cm³/mol. The number of anilines is 2. The van der Waals surface area contributed by atoms with Crippen molar-refractivity contribution in [3.05, 3.63) is 67.1 Å². The van der Waals surface area contributed by atoms with Crippen LogP contribution >= 0.6 is 0 Å². The monoisotopic (exact) mass is 298 g/mol. The van der Waals surface area contributed by atoms with Gasteiger partial charge in [0.25, 0.3) is 11.1 Å². The van der Waals surface area contributed by atoms with E-state index in [-0.39, 0.29) is 16.6 Å². The third kappa shape index (κ3) is 2.12. The molecular weight excluding hydrogens is 284 g/mol. The summed E-state index contributed by atoms with van der Waals surface area (Å²) < 4.78 is 1.20. The van der Waals surface area contributed by atoms with E-state index in [0.717, 1.165) is 5.69 Å². The maximum Gasteiger partial charge on any atom is 0.329 e. The van der Waals surface area contributed by atoms with Crippen molar-refractivity contribution < 1.29 is 0 Å². The summed E-state index contributed by atoms with van der Waals surface area (Å²) >= 11 is 0. The first-order chi connectivity index (χ1) is 10.5. The highest BCUT2D eigenvalue weighted by molar-refractivity contribution is 5.91. The van der Waals surface area contributed by atoms with Crippen molar-refractivity contribution in [2.45, 2.75) is 6.92 Å². The van der Waals surface area contributed by atoms with Crippen molar-refractivity contribution in [1.29, 1.82) is 0 Å². The zero-order valence-electron chi connectivity index (χ0n) is 12.1. The summed E-state index contributed by atoms with van der Waals surface area (Å²) in [5, 5.41) is 3.33. The number of nitrogens with zero attached hydrogens (tertiary/aromatic N) is 1. The molecule has 2 aromatic heterocycles. The van der Waals surface area contributed by atoms with Crippen LogP contribution in [0.25, 0.3) is 11.0 Å². The van der Waals surface area contributed by atoms with Crippen molar-refractivity contribution in [1.82, 2.24) is 14.5 Å². The van der Waals surface area contributed by atoms with Gasteiger partial charge in [0.2, 0.25) is 0 Å². The van der Waals surface area contributed by atoms with Gasteiger partial charge in [-0.25, -0.2) is 4.79 Å². The second kappa shape index (κ2) is 5.03. The third-order valence-electron chi connectivity index (χ3n) is 3.57. The zero-order chi connectivity index (χ0) is 15.9. The van der Waals surface area contributed by atoms with Crippen LogP contribution in [-0.2, 0) is 7.05 Å². The Morgan fingerprint density at radius 3 is 2.36 bits per heavy atom. The van der Waals surface area contributed by atoms with Crippen LogP contribution in [0.4, 0.5) is 11.4 Å². The fraction of sp³-hybridized carbons (Fsp3) is 0.133. The molecule has 0 aliphatic heterocycles. The van der Waals surface area contributed by atoms with Gasteiger partial charge in [0.1, 0.15) is 11.0 Å². The molecule has 2 heterocycles. The molecule has 22 heavy (non-hydrogen) atoms. The normalized spacial score (nSPS) is 10.8. The van der Waals surface area contributed by atoms with Gasteiger partial charge in [0.05, 0.1) is 5.69 Å². The maximum atomic E-state index is 12.2. The number of rotatable bonds is 2. The molecule has 0 unspecified atom stereocenters. The molecule has 0 radical (unpaired) electrons. The number of nitrogens with one attached hydrogen (secondary N) is 3. The molecule has 7 nitrogen and oxygen atoms in total. The standard InChI is InChI=1S/C15H14N4O3/c1-8-11(16-9-6-4-3-5-7-9)10-12(17-13(8)20)19(2)15(22)18-14(10)21/h3-7H,1-2H3,(H2,16,17,20)(H,18,21,22). The lowest BCUT2D eigenvalue weighted by Crippen LogP contribution is -2.31. The largest absolute Gasteiger partial charge is 0.354 e. The molecule has 0 aliphatic rings. The summed E-state index contributed by atoms with van der Waals surface area (Å²) in [6.45, 7) is 1.62. The highest BCUT2D eigenvalue weighted by Crippen LogP contribution is 2.23. The number of aromatic amines is 2. The molecule has 0 spiro atoms. The average Bonchev–Trinajstić information content (AvgIpc) is 2.50. The number of aromatic nitrogens is 3. The average molecular weight is 298 g/mol. The Balaban J connectivity index is 2.40. The molecule has 3 aromatic rings. The van der Waals surface area contributed by atoms with Gasteiger partial charge in [-0.05, 0) is 19.1 Å². The summed E-state index contributed by atoms with van der Waals surface area (Å²) in [4.78, 5) is 40.8. The van der Waals surface area contributed by atoms with Crippen molar-refractivity contribution in [2.24, 2.45) is 7.05 Å².